The van der Waals surface area contributed by atoms with E-state index in [0.717, 1.165) is 23.1 Å². The number of carboxylic acid groups (broad SMARTS) is 1. The van der Waals surface area contributed by atoms with Crippen LogP contribution in [0.2, 0.25) is 0 Å². The van der Waals surface area contributed by atoms with Crippen molar-refractivity contribution in [2.75, 3.05) is 0 Å². The number of hydrogen-bond acceptors (Lipinski definition) is 3. The molecule has 2 aromatic carbocycles. The molecule has 0 fully saturated rings. The highest BCUT2D eigenvalue weighted by Crippen LogP contribution is 2.22. The van der Waals surface area contributed by atoms with E-state index in [1.54, 1.807) is 36.7 Å². The van der Waals surface area contributed by atoms with Crippen molar-refractivity contribution < 1.29 is 9.90 Å². The van der Waals surface area contributed by atoms with Gasteiger partial charge in [0.1, 0.15) is 0 Å². The molecule has 1 heterocycles. The second kappa shape index (κ2) is 8.39. The lowest BCUT2D eigenvalue weighted by Crippen LogP contribution is -1.96. The lowest BCUT2D eigenvalue weighted by Gasteiger charge is -2.06. The third-order valence-electron chi connectivity index (χ3n) is 4.40. The molecule has 0 radical (unpaired) electrons. The molecule has 0 atom stereocenters. The van der Waals surface area contributed by atoms with E-state index in [4.69, 9.17) is 5.11 Å². The first-order valence-electron chi connectivity index (χ1n) is 8.92. The quantitative estimate of drug-likeness (QED) is 0.594. The molecule has 0 saturated carbocycles. The molecule has 0 saturated heterocycles. The molecule has 0 aliphatic carbocycles. The first-order valence-corrected chi connectivity index (χ1v) is 8.92. The van der Waals surface area contributed by atoms with Crippen LogP contribution in [0.1, 0.15) is 42.1 Å². The third-order valence-corrected chi connectivity index (χ3v) is 4.40. The SMILES string of the molecule is CCCCCc1ccc(-c2cnc(-c3ccc(C(=O)O)cc3)nc2)cc1. The molecule has 4 heteroatoms. The maximum atomic E-state index is 10.9. The highest BCUT2D eigenvalue weighted by molar-refractivity contribution is 5.88. The molecule has 0 aliphatic heterocycles. The summed E-state index contributed by atoms with van der Waals surface area (Å²) in [7, 11) is 0. The maximum Gasteiger partial charge on any atom is 0.335 e. The molecule has 0 spiro atoms. The van der Waals surface area contributed by atoms with Gasteiger partial charge < -0.3 is 5.11 Å². The summed E-state index contributed by atoms with van der Waals surface area (Å²) in [6.45, 7) is 2.22. The topological polar surface area (TPSA) is 63.1 Å². The number of carboxylic acids is 1. The minimum atomic E-state index is -0.939. The Morgan fingerprint density at radius 1 is 0.846 bits per heavy atom. The molecule has 132 valence electrons. The predicted molar refractivity (Wildman–Crippen MR) is 103 cm³/mol. The Morgan fingerprint density at radius 3 is 2.04 bits per heavy atom. The van der Waals surface area contributed by atoms with E-state index in [1.807, 2.05) is 0 Å². The second-order valence-corrected chi connectivity index (χ2v) is 6.33. The number of rotatable bonds is 7. The Hall–Kier alpha value is -3.01. The normalized spacial score (nSPS) is 10.7. The van der Waals surface area contributed by atoms with Crippen molar-refractivity contribution in [3.05, 3.63) is 72.1 Å². The van der Waals surface area contributed by atoms with Crippen LogP contribution < -0.4 is 0 Å². The smallest absolute Gasteiger partial charge is 0.335 e. The van der Waals surface area contributed by atoms with Crippen LogP contribution in [0.5, 0.6) is 0 Å². The molecule has 0 bridgehead atoms. The van der Waals surface area contributed by atoms with E-state index in [-0.39, 0.29) is 5.56 Å². The first-order chi connectivity index (χ1) is 12.7. The number of unbranched alkanes of at least 4 members (excludes halogenated alkanes) is 2. The summed E-state index contributed by atoms with van der Waals surface area (Å²) in [5.74, 6) is -0.354. The van der Waals surface area contributed by atoms with Crippen molar-refractivity contribution >= 4 is 5.97 Å². The van der Waals surface area contributed by atoms with Crippen LogP contribution >= 0.6 is 0 Å². The highest BCUT2D eigenvalue weighted by atomic mass is 16.4. The number of benzene rings is 2. The van der Waals surface area contributed by atoms with E-state index >= 15 is 0 Å². The van der Waals surface area contributed by atoms with Crippen LogP contribution in [0.15, 0.2) is 60.9 Å². The van der Waals surface area contributed by atoms with Gasteiger partial charge in [-0.25, -0.2) is 14.8 Å². The molecular weight excluding hydrogens is 324 g/mol. The summed E-state index contributed by atoms with van der Waals surface area (Å²) in [5.41, 5.74) is 4.48. The number of aromatic carboxylic acids is 1. The van der Waals surface area contributed by atoms with Gasteiger partial charge in [-0.1, -0.05) is 56.2 Å². The van der Waals surface area contributed by atoms with Gasteiger partial charge in [0, 0.05) is 23.5 Å². The van der Waals surface area contributed by atoms with Gasteiger partial charge in [-0.15, -0.1) is 0 Å². The van der Waals surface area contributed by atoms with Gasteiger partial charge in [0.2, 0.25) is 0 Å². The van der Waals surface area contributed by atoms with Crippen LogP contribution in [0.25, 0.3) is 22.5 Å². The fraction of sp³-hybridized carbons (Fsp3) is 0.227. The van der Waals surface area contributed by atoms with E-state index in [2.05, 4.69) is 41.2 Å². The summed E-state index contributed by atoms with van der Waals surface area (Å²) in [4.78, 5) is 19.8. The summed E-state index contributed by atoms with van der Waals surface area (Å²) in [6.07, 6.45) is 8.47. The van der Waals surface area contributed by atoms with Crippen molar-refractivity contribution in [3.63, 3.8) is 0 Å². The van der Waals surface area contributed by atoms with Crippen LogP contribution in [0.4, 0.5) is 0 Å². The second-order valence-electron chi connectivity index (χ2n) is 6.33. The number of carbonyl (C=O) groups is 1. The molecule has 26 heavy (non-hydrogen) atoms. The average Bonchev–Trinajstić information content (AvgIpc) is 2.69. The van der Waals surface area contributed by atoms with Crippen LogP contribution in [-0.2, 0) is 6.42 Å². The molecular formula is C22H22N2O2. The van der Waals surface area contributed by atoms with E-state index in [9.17, 15) is 4.79 Å². The Labute approximate surface area is 153 Å². The van der Waals surface area contributed by atoms with Crippen molar-refractivity contribution in [3.8, 4) is 22.5 Å². The first kappa shape index (κ1) is 17.8. The van der Waals surface area contributed by atoms with Gasteiger partial charge in [-0.05, 0) is 36.1 Å². The monoisotopic (exact) mass is 346 g/mol. The summed E-state index contributed by atoms with van der Waals surface area (Å²) >= 11 is 0. The Bertz CT molecular complexity index is 854. The van der Waals surface area contributed by atoms with E-state index in [0.29, 0.717) is 5.82 Å². The lowest BCUT2D eigenvalue weighted by molar-refractivity contribution is 0.0697. The van der Waals surface area contributed by atoms with Crippen molar-refractivity contribution in [2.24, 2.45) is 0 Å². The number of aryl methyl sites for hydroxylation is 1. The van der Waals surface area contributed by atoms with Gasteiger partial charge in [0.15, 0.2) is 5.82 Å². The molecule has 1 aromatic heterocycles. The van der Waals surface area contributed by atoms with E-state index in [1.165, 1.54) is 24.8 Å². The van der Waals surface area contributed by atoms with Gasteiger partial charge in [0.05, 0.1) is 5.56 Å². The van der Waals surface area contributed by atoms with Gasteiger partial charge in [-0.2, -0.15) is 0 Å². The average molecular weight is 346 g/mol. The summed E-state index contributed by atoms with van der Waals surface area (Å²) in [6, 6.07) is 15.1. The molecule has 3 rings (SSSR count). The van der Waals surface area contributed by atoms with Gasteiger partial charge in [0.25, 0.3) is 0 Å². The third kappa shape index (κ3) is 4.33. The molecule has 0 unspecified atom stereocenters. The largest absolute Gasteiger partial charge is 0.478 e. The molecule has 0 amide bonds. The van der Waals surface area contributed by atoms with Crippen LogP contribution in [-0.4, -0.2) is 21.0 Å². The molecule has 0 aliphatic rings. The van der Waals surface area contributed by atoms with Gasteiger partial charge >= 0.3 is 5.97 Å². The number of aromatic nitrogens is 2. The Balaban J connectivity index is 1.71. The molecule has 3 aromatic rings. The van der Waals surface area contributed by atoms with Gasteiger partial charge in [-0.3, -0.25) is 0 Å². The highest BCUT2D eigenvalue weighted by Gasteiger charge is 2.06. The number of nitrogens with zero attached hydrogens (tertiary/aromatic N) is 2. The Kier molecular flexibility index (Phi) is 5.74. The Morgan fingerprint density at radius 2 is 1.46 bits per heavy atom. The minimum absolute atomic E-state index is 0.254. The van der Waals surface area contributed by atoms with Crippen LogP contribution in [0, 0.1) is 0 Å². The minimum Gasteiger partial charge on any atom is -0.478 e. The zero-order valence-electron chi connectivity index (χ0n) is 14.9. The van der Waals surface area contributed by atoms with Crippen LogP contribution in [0.3, 0.4) is 0 Å². The van der Waals surface area contributed by atoms with Crippen molar-refractivity contribution in [2.45, 2.75) is 32.6 Å². The predicted octanol–water partition coefficient (Wildman–Crippen LogP) is 5.24. The standard InChI is InChI=1S/C22H22N2O2/c1-2-3-4-5-16-6-8-17(9-7-16)20-14-23-21(24-15-20)18-10-12-19(13-11-18)22(25)26/h6-15H,2-5H2,1H3,(H,25,26). The fourth-order valence-corrected chi connectivity index (χ4v) is 2.83. The zero-order valence-corrected chi connectivity index (χ0v) is 14.9. The molecule has 1 N–H and O–H groups in total. The van der Waals surface area contributed by atoms with Crippen molar-refractivity contribution in [1.29, 1.82) is 0 Å². The summed E-state index contributed by atoms with van der Waals surface area (Å²) < 4.78 is 0. The number of hydrogen-bond donors (Lipinski definition) is 1. The lowest BCUT2D eigenvalue weighted by atomic mass is 10.0. The summed E-state index contributed by atoms with van der Waals surface area (Å²) in [5, 5.41) is 8.96. The maximum absolute atomic E-state index is 10.9. The molecule has 4 nitrogen and oxygen atoms in total. The van der Waals surface area contributed by atoms with E-state index < -0.39 is 5.97 Å². The zero-order chi connectivity index (χ0) is 18.4. The fourth-order valence-electron chi connectivity index (χ4n) is 2.83. The van der Waals surface area contributed by atoms with Crippen molar-refractivity contribution in [1.82, 2.24) is 9.97 Å².